The zero-order chi connectivity index (χ0) is 73.2. The molecule has 97 heavy (non-hydrogen) atoms. The number of esters is 4. The first-order valence-corrected chi connectivity index (χ1v) is 37.3. The Morgan fingerprint density at radius 1 is 0.443 bits per heavy atom. The number of rotatable bonds is 64. The van der Waals surface area contributed by atoms with Gasteiger partial charge in [0.2, 0.25) is 0 Å². The van der Waals surface area contributed by atoms with Crippen LogP contribution in [0, 0.1) is 0 Å². The smallest absolute Gasteiger partial charge is 0.472 e. The van der Waals surface area contributed by atoms with Crippen molar-refractivity contribution in [2.45, 2.75) is 233 Å². The van der Waals surface area contributed by atoms with Crippen molar-refractivity contribution in [3.63, 3.8) is 0 Å². The van der Waals surface area contributed by atoms with E-state index in [4.69, 9.17) is 65.5 Å². The summed E-state index contributed by atoms with van der Waals surface area (Å²) in [5.74, 6) is -3.24. The van der Waals surface area contributed by atoms with Gasteiger partial charge < -0.3 is 48.5 Å². The van der Waals surface area contributed by atoms with E-state index in [-0.39, 0.29) is 113 Å². The van der Waals surface area contributed by atoms with Crippen LogP contribution < -0.4 is 5.73 Å². The van der Waals surface area contributed by atoms with Crippen LogP contribution in [0.4, 0.5) is 0 Å². The number of ketones is 1. The van der Waals surface area contributed by atoms with Crippen molar-refractivity contribution in [2.75, 3.05) is 126 Å². The largest absolute Gasteiger partial charge is 0.477 e. The monoisotopic (exact) mass is 1430 g/mol. The number of likely N-dealkylation sites (N-methyl/N-ethyl adjacent to an activating group) is 2. The Kier molecular flexibility index (Phi) is 64.0. The Morgan fingerprint density at radius 2 is 0.742 bits per heavy atom. The van der Waals surface area contributed by atoms with E-state index in [1.165, 1.54) is 129 Å². The molecule has 0 aromatic heterocycles. The highest BCUT2D eigenvalue weighted by Gasteiger charge is 2.29. The van der Waals surface area contributed by atoms with E-state index in [2.05, 4.69) is 58.5 Å². The number of Topliss-reactive ketones (excluding diaryl/α,β-unsaturated/α-hetero) is 1. The minimum atomic E-state index is -4.56. The molecule has 0 spiro atoms. The Labute approximate surface area is 574 Å². The van der Waals surface area contributed by atoms with Crippen LogP contribution in [-0.4, -0.2) is 197 Å². The number of hydrogen-bond donors (Lipinski definition) is 4. The zero-order valence-electron chi connectivity index (χ0n) is 59.0. The molecule has 2 unspecified atom stereocenters. The number of quaternary nitrogens is 2. The van der Waals surface area contributed by atoms with Crippen molar-refractivity contribution in [1.82, 2.24) is 0 Å². The summed E-state index contributed by atoms with van der Waals surface area (Å²) in [6.45, 7) is 7.17. The van der Waals surface area contributed by atoms with Crippen LogP contribution in [0.15, 0.2) is 20.5 Å². The summed E-state index contributed by atoms with van der Waals surface area (Å²) in [6.07, 6.45) is 30.0. The standard InChI is InChI=1S/C31H58N7O9P.C23H46NO8P.C7H13N7O2/c1-4-5-6-7-8-9-10-11-12-13-14-15-16-19-31(41)44-26-30(47-28(2)39)27-46-48(42,43)45-24-17-18-29(40)25-38(3,22-20-34-36-32)23-21-35-37-33;1-3-4-5-6-7-8-9-10-11-12-13-14-15-16-23(26)29-19-22(32-21(2)25)20-31-33(27,28)30-18-17-24;1-14(6-7(15)16,4-2-10-12-8)5-3-11-13-9/h30H,4-27H2,1-3H3;22H,3-20,24H2,1-2H3,(H,27,28);2-6H2,1H3/p+2/t30-;22-;/m11./s1. The van der Waals surface area contributed by atoms with E-state index in [0.717, 1.165) is 45.4 Å². The minimum Gasteiger partial charge on any atom is -0.477 e. The Balaban J connectivity index is -0.00000155. The topological polar surface area (TPSA) is 492 Å². The summed E-state index contributed by atoms with van der Waals surface area (Å²) in [5, 5.41) is 22.5. The predicted molar refractivity (Wildman–Crippen MR) is 366 cm³/mol. The maximum Gasteiger partial charge on any atom is 0.472 e. The average molecular weight is 1430 g/mol. The molecule has 0 aliphatic heterocycles. The Bertz CT molecular complexity index is 2370. The third-order valence-electron chi connectivity index (χ3n) is 14.9. The van der Waals surface area contributed by atoms with Crippen LogP contribution in [0.3, 0.4) is 0 Å². The van der Waals surface area contributed by atoms with Crippen LogP contribution in [0.1, 0.15) is 220 Å². The van der Waals surface area contributed by atoms with Gasteiger partial charge in [-0.1, -0.05) is 188 Å². The van der Waals surface area contributed by atoms with Gasteiger partial charge in [0.15, 0.2) is 24.5 Å². The maximum atomic E-state index is 12.6. The molecule has 560 valence electrons. The molecule has 4 atom stereocenters. The summed E-state index contributed by atoms with van der Waals surface area (Å²) >= 11 is 0. The normalized spacial score (nSPS) is 13.9. The minimum absolute atomic E-state index is 0.0438. The molecule has 0 rings (SSSR count). The molecule has 0 fully saturated rings. The Morgan fingerprint density at radius 3 is 1.03 bits per heavy atom. The highest BCUT2D eigenvalue weighted by atomic mass is 31.2. The maximum absolute atomic E-state index is 12.6. The molecule has 0 heterocycles. The fourth-order valence-corrected chi connectivity index (χ4v) is 11.1. The number of phosphoric acid groups is 2. The van der Waals surface area contributed by atoms with Gasteiger partial charge in [0.25, 0.3) is 0 Å². The third kappa shape index (κ3) is 68.7. The number of nitrogens with zero attached hydrogens (tertiary/aromatic N) is 14. The average Bonchev–Trinajstić information content (AvgIpc) is 1.53. The van der Waals surface area contributed by atoms with Crippen LogP contribution in [0.25, 0.3) is 41.8 Å². The zero-order valence-corrected chi connectivity index (χ0v) is 60.8. The third-order valence-corrected chi connectivity index (χ3v) is 16.8. The molecule has 0 saturated heterocycles. The SMILES string of the molecule is CCCCCCCCCCCCCCCC(=O)OC[C@H](COP(=O)(O)OCCCC(=O)C[N+](C)(CCN=[N+]=[N-])CCN=[N+]=[N-])OC(C)=O.CCCCCCCCCCCCCCCC(=O)OC[C@H](COP(=O)(O)OCCN)OC(C)=O.C[N+](CCN=[N+]=[N-])(CCN=[N+]=[N-])CC(=O)O. The number of carbonyl (C=O) groups excluding carboxylic acids is 5. The van der Waals surface area contributed by atoms with E-state index in [1.54, 1.807) is 14.1 Å². The lowest BCUT2D eigenvalue weighted by molar-refractivity contribution is -0.899. The number of phosphoric ester groups is 2. The molecule has 0 amide bonds. The van der Waals surface area contributed by atoms with Crippen molar-refractivity contribution in [1.29, 1.82) is 0 Å². The number of carboxylic acid groups (broad SMARTS) is 1. The van der Waals surface area contributed by atoms with Crippen LogP contribution in [0.5, 0.6) is 0 Å². The molecule has 34 nitrogen and oxygen atoms in total. The number of unbranched alkanes of at least 4 members (excludes halogenated alkanes) is 24. The molecule has 5 N–H and O–H groups in total. The van der Waals surface area contributed by atoms with Crippen LogP contribution in [0.2, 0.25) is 0 Å². The molecule has 0 aromatic rings. The van der Waals surface area contributed by atoms with Crippen molar-refractivity contribution < 1.29 is 98.8 Å². The highest BCUT2D eigenvalue weighted by molar-refractivity contribution is 7.47. The summed E-state index contributed by atoms with van der Waals surface area (Å²) in [5.41, 5.74) is 38.5. The summed E-state index contributed by atoms with van der Waals surface area (Å²) < 4.78 is 64.0. The number of azide groups is 4. The van der Waals surface area contributed by atoms with Gasteiger partial charge in [0, 0.05) is 59.3 Å². The number of aliphatic carboxylic acids is 1. The first-order valence-electron chi connectivity index (χ1n) is 34.3. The molecule has 0 saturated carbocycles. The lowest BCUT2D eigenvalue weighted by Gasteiger charge is -2.33. The molecule has 0 aromatic carbocycles. The molecular weight excluding hydrogens is 1310 g/mol. The van der Waals surface area contributed by atoms with E-state index >= 15 is 0 Å². The number of carboxylic acids is 1. The van der Waals surface area contributed by atoms with Gasteiger partial charge in [-0.25, -0.2) is 13.9 Å². The van der Waals surface area contributed by atoms with Gasteiger partial charge in [-0.15, -0.1) is 0 Å². The van der Waals surface area contributed by atoms with E-state index < -0.39 is 70.9 Å². The van der Waals surface area contributed by atoms with Gasteiger partial charge >= 0.3 is 45.5 Å². The van der Waals surface area contributed by atoms with Crippen molar-refractivity contribution in [2.24, 2.45) is 26.2 Å². The van der Waals surface area contributed by atoms with Gasteiger partial charge in [-0.2, -0.15) is 0 Å². The second kappa shape index (κ2) is 65.0. The molecule has 0 aliphatic rings. The first kappa shape index (κ1) is 95.5. The molecule has 0 radical (unpaired) electrons. The second-order valence-corrected chi connectivity index (χ2v) is 27.0. The van der Waals surface area contributed by atoms with Gasteiger partial charge in [0.1, 0.15) is 19.8 Å². The number of ether oxygens (including phenoxy) is 4. The predicted octanol–water partition coefficient (Wildman–Crippen LogP) is 13.7. The van der Waals surface area contributed by atoms with Gasteiger partial charge in [-0.3, -0.25) is 42.1 Å². The van der Waals surface area contributed by atoms with Crippen LogP contribution in [-0.2, 0) is 74.9 Å². The van der Waals surface area contributed by atoms with Crippen LogP contribution >= 0.6 is 15.6 Å². The first-order chi connectivity index (χ1) is 46.3. The van der Waals surface area contributed by atoms with Crippen molar-refractivity contribution in [3.05, 3.63) is 41.8 Å². The van der Waals surface area contributed by atoms with Crippen molar-refractivity contribution in [3.8, 4) is 0 Å². The summed E-state index contributed by atoms with van der Waals surface area (Å²) in [4.78, 5) is 100. The lowest BCUT2D eigenvalue weighted by atomic mass is 10.0. The lowest BCUT2D eigenvalue weighted by Crippen LogP contribution is -2.50. The fourth-order valence-electron chi connectivity index (χ4n) is 9.53. The quantitative estimate of drug-likeness (QED) is 0.00642. The Hall–Kier alpha value is -5.64. The number of nitrogens with two attached hydrogens (primary N) is 1. The number of hydrogen-bond acceptors (Lipinski definition) is 21. The summed E-state index contributed by atoms with van der Waals surface area (Å²) in [7, 11) is -5.37. The summed E-state index contributed by atoms with van der Waals surface area (Å²) in [6, 6.07) is 0. The van der Waals surface area contributed by atoms with Gasteiger partial charge in [-0.05, 0) is 41.4 Å². The fraction of sp³-hybridized carbons (Fsp3) is 0.902. The van der Waals surface area contributed by atoms with E-state index in [1.807, 2.05) is 0 Å². The molecule has 36 heteroatoms. The molecular formula is C61H119N15O19P2+2. The van der Waals surface area contributed by atoms with E-state index in [0.29, 0.717) is 32.6 Å². The van der Waals surface area contributed by atoms with Crippen molar-refractivity contribution >= 4 is 51.3 Å². The molecule has 0 aliphatic carbocycles. The highest BCUT2D eigenvalue weighted by Crippen LogP contribution is 2.44. The molecule has 0 bridgehead atoms. The van der Waals surface area contributed by atoms with Gasteiger partial charge in [0.05, 0.1) is 92.9 Å². The number of carbonyl (C=O) groups is 6. The second-order valence-electron chi connectivity index (χ2n) is 24.1. The van der Waals surface area contributed by atoms with E-state index in [9.17, 15) is 47.7 Å².